The molecule has 3 N–H and O–H groups in total. The van der Waals surface area contributed by atoms with Crippen LogP contribution in [0.25, 0.3) is 22.0 Å². The number of H-pyrrole nitrogens is 1. The third-order valence-electron chi connectivity index (χ3n) is 6.27. The topological polar surface area (TPSA) is 138 Å². The van der Waals surface area contributed by atoms with Crippen LogP contribution in [0.5, 0.6) is 5.75 Å². The van der Waals surface area contributed by atoms with Gasteiger partial charge in [-0.15, -0.1) is 0 Å². The fraction of sp³-hybridized carbons (Fsp3) is 0.417. The minimum Gasteiger partial charge on any atom is -0.496 e. The Hall–Kier alpha value is -3.94. The number of carbonyl (C=O) groups is 2. The van der Waals surface area contributed by atoms with Gasteiger partial charge in [0, 0.05) is 29.8 Å². The first kappa shape index (κ1) is 28.6. The summed E-state index contributed by atoms with van der Waals surface area (Å²) in [4.78, 5) is 34.0. The van der Waals surface area contributed by atoms with Gasteiger partial charge in [-0.05, 0) is 56.0 Å². The molecular weight excluding hydrogens is 516 g/mol. The molecule has 1 aliphatic rings. The molecule has 4 rings (SSSR count). The van der Waals surface area contributed by atoms with Crippen molar-refractivity contribution in [3.8, 4) is 16.9 Å². The van der Waals surface area contributed by atoms with Gasteiger partial charge in [-0.3, -0.25) is 19.6 Å². The highest BCUT2D eigenvalue weighted by Crippen LogP contribution is 2.35. The summed E-state index contributed by atoms with van der Waals surface area (Å²) in [6, 6.07) is 3.27. The summed E-state index contributed by atoms with van der Waals surface area (Å²) in [5.41, 5.74) is 2.00. The molecule has 0 bridgehead atoms. The molecule has 0 amide bonds. The Morgan fingerprint density at radius 3 is 2.39 bits per heavy atom. The van der Waals surface area contributed by atoms with Gasteiger partial charge >= 0.3 is 18.1 Å². The SMILES string of the molecule is COc1cc(-c2cn(C)c(=O)c3[nH]ncc23)cc(F)c1CC1CCN(CC(=O)O)CC1.O=C(O)C(F)(F)F. The van der Waals surface area contributed by atoms with E-state index in [0.717, 1.165) is 12.8 Å². The summed E-state index contributed by atoms with van der Waals surface area (Å²) in [6.45, 7) is 1.42. The zero-order valence-corrected chi connectivity index (χ0v) is 20.5. The Kier molecular flexibility index (Phi) is 8.76. The predicted molar refractivity (Wildman–Crippen MR) is 127 cm³/mol. The van der Waals surface area contributed by atoms with Crippen molar-refractivity contribution in [3.63, 3.8) is 0 Å². The van der Waals surface area contributed by atoms with Crippen molar-refractivity contribution in [2.75, 3.05) is 26.7 Å². The zero-order chi connectivity index (χ0) is 28.2. The smallest absolute Gasteiger partial charge is 0.490 e. The number of carboxylic acids is 2. The van der Waals surface area contributed by atoms with Gasteiger partial charge in [0.1, 0.15) is 17.1 Å². The van der Waals surface area contributed by atoms with E-state index in [0.29, 0.717) is 52.9 Å². The van der Waals surface area contributed by atoms with Gasteiger partial charge < -0.3 is 19.5 Å². The Labute approximate surface area is 213 Å². The molecule has 0 radical (unpaired) electrons. The molecule has 1 fully saturated rings. The number of likely N-dealkylation sites (tertiary alicyclic amines) is 1. The molecule has 38 heavy (non-hydrogen) atoms. The van der Waals surface area contributed by atoms with Crippen LogP contribution in [0.1, 0.15) is 18.4 Å². The summed E-state index contributed by atoms with van der Waals surface area (Å²) in [5, 5.41) is 23.4. The number of nitrogens with zero attached hydrogens (tertiary/aromatic N) is 3. The molecule has 1 saturated heterocycles. The number of hydrogen-bond donors (Lipinski definition) is 3. The first-order chi connectivity index (χ1) is 17.8. The fourth-order valence-corrected chi connectivity index (χ4v) is 4.36. The van der Waals surface area contributed by atoms with E-state index in [4.69, 9.17) is 19.7 Å². The zero-order valence-electron chi connectivity index (χ0n) is 20.5. The van der Waals surface area contributed by atoms with E-state index in [1.165, 1.54) is 17.7 Å². The number of pyridine rings is 1. The number of ether oxygens (including phenoxy) is 1. The maximum atomic E-state index is 15.2. The first-order valence-electron chi connectivity index (χ1n) is 11.5. The molecule has 3 heterocycles. The van der Waals surface area contributed by atoms with Gasteiger partial charge in [0.2, 0.25) is 0 Å². The third-order valence-corrected chi connectivity index (χ3v) is 6.27. The third kappa shape index (κ3) is 6.68. The second-order valence-corrected chi connectivity index (χ2v) is 8.88. The summed E-state index contributed by atoms with van der Waals surface area (Å²) in [5.74, 6) is -3.21. The number of halogens is 4. The van der Waals surface area contributed by atoms with Crippen molar-refractivity contribution in [3.05, 3.63) is 46.3 Å². The number of methoxy groups -OCH3 is 1. The van der Waals surface area contributed by atoms with Crippen LogP contribution in [0.2, 0.25) is 0 Å². The second-order valence-electron chi connectivity index (χ2n) is 8.88. The lowest BCUT2D eigenvalue weighted by Crippen LogP contribution is -2.37. The number of aromatic nitrogens is 3. The van der Waals surface area contributed by atoms with Crippen LogP contribution in [-0.2, 0) is 23.1 Å². The molecule has 14 heteroatoms. The highest BCUT2D eigenvalue weighted by Gasteiger charge is 2.38. The number of hydrogen-bond acceptors (Lipinski definition) is 6. The van der Waals surface area contributed by atoms with Gasteiger partial charge in [-0.1, -0.05) is 0 Å². The summed E-state index contributed by atoms with van der Waals surface area (Å²) in [6.07, 6.45) is 0.314. The van der Waals surface area contributed by atoms with Crippen LogP contribution < -0.4 is 10.3 Å². The first-order valence-corrected chi connectivity index (χ1v) is 11.5. The number of carboxylic acid groups (broad SMARTS) is 2. The quantitative estimate of drug-likeness (QED) is 0.404. The largest absolute Gasteiger partial charge is 0.496 e. The molecule has 1 aromatic carbocycles. The van der Waals surface area contributed by atoms with Crippen molar-refractivity contribution < 1.29 is 42.1 Å². The van der Waals surface area contributed by atoms with Crippen molar-refractivity contribution in [1.29, 1.82) is 0 Å². The number of rotatable bonds is 6. The molecule has 206 valence electrons. The molecule has 0 atom stereocenters. The summed E-state index contributed by atoms with van der Waals surface area (Å²) < 4.78 is 53.9. The van der Waals surface area contributed by atoms with E-state index in [-0.39, 0.29) is 23.8 Å². The lowest BCUT2D eigenvalue weighted by Gasteiger charge is -2.31. The maximum Gasteiger partial charge on any atom is 0.490 e. The predicted octanol–water partition coefficient (Wildman–Crippen LogP) is 3.05. The van der Waals surface area contributed by atoms with E-state index in [2.05, 4.69) is 10.2 Å². The average molecular weight is 542 g/mol. The molecular formula is C24H26F4N4O6. The van der Waals surface area contributed by atoms with Crippen LogP contribution in [0.4, 0.5) is 17.6 Å². The molecule has 0 aliphatic carbocycles. The number of aliphatic carboxylic acids is 2. The summed E-state index contributed by atoms with van der Waals surface area (Å²) >= 11 is 0. The Morgan fingerprint density at radius 2 is 1.84 bits per heavy atom. The minimum absolute atomic E-state index is 0.0428. The van der Waals surface area contributed by atoms with Crippen molar-refractivity contribution in [2.45, 2.75) is 25.4 Å². The standard InChI is InChI=1S/C22H25FN4O4.C2HF3O2/c1-26-11-17(16-10-24-25-21(16)22(26)30)14-8-18(23)15(19(9-14)31-2)7-13-3-5-27(6-4-13)12-20(28)29;3-2(4,5)1(6)7/h8-11,13H,3-7,12H2,1-2H3,(H,24,25)(H,28,29);(H,6,7). The number of aryl methyl sites for hydroxylation is 1. The molecule has 10 nitrogen and oxygen atoms in total. The highest BCUT2D eigenvalue weighted by molar-refractivity contribution is 5.93. The summed E-state index contributed by atoms with van der Waals surface area (Å²) in [7, 11) is 3.16. The van der Waals surface area contributed by atoms with Gasteiger partial charge in [0.25, 0.3) is 5.56 Å². The number of alkyl halides is 3. The van der Waals surface area contributed by atoms with Gasteiger partial charge in [0.15, 0.2) is 0 Å². The van der Waals surface area contributed by atoms with Crippen LogP contribution in [0.3, 0.4) is 0 Å². The molecule has 0 spiro atoms. The maximum absolute atomic E-state index is 15.2. The number of nitrogens with one attached hydrogen (secondary N) is 1. The highest BCUT2D eigenvalue weighted by atomic mass is 19.4. The average Bonchev–Trinajstić information content (AvgIpc) is 3.33. The Morgan fingerprint density at radius 1 is 1.21 bits per heavy atom. The lowest BCUT2D eigenvalue weighted by atomic mass is 9.88. The van der Waals surface area contributed by atoms with Crippen molar-refractivity contribution in [2.24, 2.45) is 13.0 Å². The van der Waals surface area contributed by atoms with E-state index in [1.54, 1.807) is 25.5 Å². The minimum atomic E-state index is -5.08. The van der Waals surface area contributed by atoms with Crippen LogP contribution in [-0.4, -0.2) is 74.7 Å². The van der Waals surface area contributed by atoms with Gasteiger partial charge in [-0.2, -0.15) is 18.3 Å². The Balaban J connectivity index is 0.000000505. The van der Waals surface area contributed by atoms with Crippen molar-refractivity contribution >= 4 is 22.8 Å². The molecule has 1 aliphatic heterocycles. The monoisotopic (exact) mass is 542 g/mol. The van der Waals surface area contributed by atoms with Gasteiger partial charge in [0.05, 0.1) is 19.9 Å². The van der Waals surface area contributed by atoms with E-state index >= 15 is 4.39 Å². The fourth-order valence-electron chi connectivity index (χ4n) is 4.36. The number of piperidine rings is 1. The van der Waals surface area contributed by atoms with Crippen molar-refractivity contribution in [1.82, 2.24) is 19.7 Å². The number of benzene rings is 1. The van der Waals surface area contributed by atoms with Crippen LogP contribution >= 0.6 is 0 Å². The van der Waals surface area contributed by atoms with Crippen LogP contribution in [0, 0.1) is 11.7 Å². The Bertz CT molecular complexity index is 1380. The van der Waals surface area contributed by atoms with E-state index < -0.39 is 18.1 Å². The lowest BCUT2D eigenvalue weighted by molar-refractivity contribution is -0.192. The second kappa shape index (κ2) is 11.6. The normalized spacial score (nSPS) is 14.7. The molecule has 3 aromatic rings. The van der Waals surface area contributed by atoms with E-state index in [1.807, 2.05) is 4.90 Å². The van der Waals surface area contributed by atoms with Gasteiger partial charge in [-0.25, -0.2) is 9.18 Å². The molecule has 0 unspecified atom stereocenters. The number of aromatic amines is 1. The van der Waals surface area contributed by atoms with E-state index in [9.17, 15) is 22.8 Å². The molecule has 2 aromatic heterocycles. The van der Waals surface area contributed by atoms with Crippen LogP contribution in [0.15, 0.2) is 29.3 Å². The molecule has 0 saturated carbocycles. The number of fused-ring (bicyclic) bond motifs is 1.